The summed E-state index contributed by atoms with van der Waals surface area (Å²) in [5.41, 5.74) is -1.36. The van der Waals surface area contributed by atoms with Crippen molar-refractivity contribution in [2.45, 2.75) is 18.5 Å². The van der Waals surface area contributed by atoms with Gasteiger partial charge in [0.05, 0.1) is 18.6 Å². The Morgan fingerprint density at radius 2 is 1.92 bits per heavy atom. The predicted octanol–water partition coefficient (Wildman–Crippen LogP) is 1.67. The molecule has 0 aromatic heterocycles. The van der Waals surface area contributed by atoms with Crippen LogP contribution in [0.5, 0.6) is 0 Å². The highest BCUT2D eigenvalue weighted by Gasteiger charge is 2.40. The van der Waals surface area contributed by atoms with Crippen molar-refractivity contribution in [2.75, 3.05) is 14.2 Å². The molecule has 2 rings (SSSR count). The van der Waals surface area contributed by atoms with E-state index in [2.05, 4.69) is 4.74 Å². The quantitative estimate of drug-likeness (QED) is 0.812. The number of carbonyl (C=O) groups excluding carboxylic acids is 4. The number of benzene rings is 1. The number of imide groups is 2. The molecule has 1 heterocycles. The second kappa shape index (κ2) is 6.54. The Morgan fingerprint density at radius 3 is 2.48 bits per heavy atom. The zero-order chi connectivity index (χ0) is 18.9. The minimum absolute atomic E-state index is 0.106. The van der Waals surface area contributed by atoms with Crippen molar-refractivity contribution in [1.29, 1.82) is 0 Å². The molecular weight excluding hydrogens is 345 g/mol. The normalized spacial score (nSPS) is 17.2. The molecule has 4 amide bonds. The van der Waals surface area contributed by atoms with Crippen LogP contribution < -0.4 is 5.32 Å². The number of alkyl halides is 3. The van der Waals surface area contributed by atoms with Gasteiger partial charge >= 0.3 is 12.3 Å². The fraction of sp³-hybridized carbons (Fsp3) is 0.333. The van der Waals surface area contributed by atoms with Gasteiger partial charge < -0.3 is 4.74 Å². The van der Waals surface area contributed by atoms with Gasteiger partial charge in [-0.25, -0.2) is 4.79 Å². The largest absolute Gasteiger partial charge is 0.453 e. The summed E-state index contributed by atoms with van der Waals surface area (Å²) in [6.45, 7) is 0. The summed E-state index contributed by atoms with van der Waals surface area (Å²) in [6, 6.07) is 2.37. The smallest absolute Gasteiger partial charge is 0.416 e. The number of rotatable bonds is 2. The number of likely N-dealkylation sites (N-methyl/N-ethyl adjacent to an activating group) is 1. The zero-order valence-corrected chi connectivity index (χ0v) is 13.1. The van der Waals surface area contributed by atoms with Gasteiger partial charge in [-0.15, -0.1) is 0 Å². The molecule has 10 heteroatoms. The molecule has 1 atom stereocenters. The minimum Gasteiger partial charge on any atom is -0.453 e. The van der Waals surface area contributed by atoms with Crippen molar-refractivity contribution in [3.8, 4) is 0 Å². The van der Waals surface area contributed by atoms with E-state index in [0.717, 1.165) is 31.2 Å². The van der Waals surface area contributed by atoms with Crippen molar-refractivity contribution in [1.82, 2.24) is 10.2 Å². The van der Waals surface area contributed by atoms with Gasteiger partial charge in [-0.3, -0.25) is 24.6 Å². The standard InChI is InChI=1S/C15H13F3N2O5/c1-20-12(22)8-4-3-7(15(16,17)18)5-9(8)10(13(20)23)6-11(21)19-14(24)25-2/h3-5,10H,6H2,1-2H3,(H,19,21,24). The van der Waals surface area contributed by atoms with Crippen LogP contribution in [-0.2, 0) is 20.5 Å². The van der Waals surface area contributed by atoms with Crippen LogP contribution >= 0.6 is 0 Å². The number of nitrogens with zero attached hydrogens (tertiary/aromatic N) is 1. The Morgan fingerprint density at radius 1 is 1.28 bits per heavy atom. The Hall–Kier alpha value is -2.91. The first-order valence-corrected chi connectivity index (χ1v) is 6.97. The Labute approximate surface area is 139 Å². The zero-order valence-electron chi connectivity index (χ0n) is 13.1. The van der Waals surface area contributed by atoms with Gasteiger partial charge in [0.2, 0.25) is 11.8 Å². The highest BCUT2D eigenvalue weighted by Crippen LogP contribution is 2.36. The number of alkyl carbamates (subject to hydrolysis) is 1. The molecule has 0 saturated heterocycles. The first-order chi connectivity index (χ1) is 11.6. The molecule has 7 nitrogen and oxygen atoms in total. The van der Waals surface area contributed by atoms with Crippen LogP contribution in [0, 0.1) is 0 Å². The van der Waals surface area contributed by atoms with E-state index >= 15 is 0 Å². The first kappa shape index (κ1) is 18.4. The molecule has 0 radical (unpaired) electrons. The number of ether oxygens (including phenoxy) is 1. The van der Waals surface area contributed by atoms with Crippen LogP contribution in [0.3, 0.4) is 0 Å². The number of carbonyl (C=O) groups is 4. The van der Waals surface area contributed by atoms with Gasteiger partial charge in [-0.2, -0.15) is 13.2 Å². The lowest BCUT2D eigenvalue weighted by molar-refractivity contribution is -0.138. The van der Waals surface area contributed by atoms with Gasteiger partial charge in [0.1, 0.15) is 0 Å². The third-order valence-electron chi connectivity index (χ3n) is 3.73. The lowest BCUT2D eigenvalue weighted by Crippen LogP contribution is -2.44. The molecule has 1 aliphatic rings. The average Bonchev–Trinajstić information content (AvgIpc) is 2.55. The number of nitrogens with one attached hydrogen (secondary N) is 1. The molecule has 25 heavy (non-hydrogen) atoms. The van der Waals surface area contributed by atoms with Crippen LogP contribution in [0.25, 0.3) is 0 Å². The molecular formula is C15H13F3N2O5. The number of methoxy groups -OCH3 is 1. The highest BCUT2D eigenvalue weighted by atomic mass is 19.4. The number of hydrogen-bond donors (Lipinski definition) is 1. The SMILES string of the molecule is COC(=O)NC(=O)CC1C(=O)N(C)C(=O)c2ccc(C(F)(F)F)cc21. The number of amides is 4. The van der Waals surface area contributed by atoms with Crippen LogP contribution in [0.2, 0.25) is 0 Å². The highest BCUT2D eigenvalue weighted by molar-refractivity contribution is 6.12. The second-order valence-corrected chi connectivity index (χ2v) is 5.30. The van der Waals surface area contributed by atoms with E-state index in [1.165, 1.54) is 0 Å². The van der Waals surface area contributed by atoms with E-state index in [-0.39, 0.29) is 11.1 Å². The molecule has 0 saturated carbocycles. The monoisotopic (exact) mass is 358 g/mol. The molecule has 134 valence electrons. The van der Waals surface area contributed by atoms with Gasteiger partial charge in [-0.05, 0) is 23.8 Å². The summed E-state index contributed by atoms with van der Waals surface area (Å²) in [6.07, 6.45) is -6.36. The Kier molecular flexibility index (Phi) is 4.82. The van der Waals surface area contributed by atoms with E-state index in [1.54, 1.807) is 0 Å². The lowest BCUT2D eigenvalue weighted by Gasteiger charge is -2.30. The van der Waals surface area contributed by atoms with E-state index in [0.29, 0.717) is 6.07 Å². The Balaban J connectivity index is 2.44. The maximum absolute atomic E-state index is 12.9. The summed E-state index contributed by atoms with van der Waals surface area (Å²) in [5, 5.41) is 1.82. The van der Waals surface area contributed by atoms with Gasteiger partial charge in [0, 0.05) is 19.0 Å². The van der Waals surface area contributed by atoms with Crippen molar-refractivity contribution < 1.29 is 37.1 Å². The van der Waals surface area contributed by atoms with Gasteiger partial charge in [-0.1, -0.05) is 0 Å². The second-order valence-electron chi connectivity index (χ2n) is 5.30. The third-order valence-corrected chi connectivity index (χ3v) is 3.73. The van der Waals surface area contributed by atoms with Crippen molar-refractivity contribution >= 4 is 23.8 Å². The molecule has 1 unspecified atom stereocenters. The van der Waals surface area contributed by atoms with Crippen molar-refractivity contribution in [2.24, 2.45) is 0 Å². The van der Waals surface area contributed by atoms with E-state index < -0.39 is 47.9 Å². The van der Waals surface area contributed by atoms with Crippen LogP contribution in [0.1, 0.15) is 33.8 Å². The molecule has 1 aromatic rings. The fourth-order valence-electron chi connectivity index (χ4n) is 2.47. The molecule has 0 fully saturated rings. The molecule has 0 bridgehead atoms. The summed E-state index contributed by atoms with van der Waals surface area (Å²) >= 11 is 0. The third kappa shape index (κ3) is 3.62. The number of halogens is 3. The van der Waals surface area contributed by atoms with Gasteiger partial charge in [0.25, 0.3) is 5.91 Å². The summed E-state index contributed by atoms with van der Waals surface area (Å²) in [5.74, 6) is -3.85. The molecule has 1 aliphatic heterocycles. The van der Waals surface area contributed by atoms with E-state index in [4.69, 9.17) is 0 Å². The van der Waals surface area contributed by atoms with Crippen molar-refractivity contribution in [3.63, 3.8) is 0 Å². The molecule has 0 spiro atoms. The lowest BCUT2D eigenvalue weighted by atomic mass is 9.85. The fourth-order valence-corrected chi connectivity index (χ4v) is 2.47. The molecule has 1 N–H and O–H groups in total. The predicted molar refractivity (Wildman–Crippen MR) is 76.5 cm³/mol. The minimum atomic E-state index is -4.68. The van der Waals surface area contributed by atoms with E-state index in [9.17, 15) is 32.3 Å². The molecule has 0 aliphatic carbocycles. The summed E-state index contributed by atoms with van der Waals surface area (Å²) in [4.78, 5) is 48.0. The average molecular weight is 358 g/mol. The summed E-state index contributed by atoms with van der Waals surface area (Å²) < 4.78 is 43.0. The molecule has 1 aromatic carbocycles. The van der Waals surface area contributed by atoms with E-state index in [1.807, 2.05) is 5.32 Å². The maximum Gasteiger partial charge on any atom is 0.416 e. The van der Waals surface area contributed by atoms with Crippen molar-refractivity contribution in [3.05, 3.63) is 34.9 Å². The summed E-state index contributed by atoms with van der Waals surface area (Å²) in [7, 11) is 2.18. The van der Waals surface area contributed by atoms with Gasteiger partial charge in [0.15, 0.2) is 0 Å². The maximum atomic E-state index is 12.9. The van der Waals surface area contributed by atoms with Crippen LogP contribution in [-0.4, -0.2) is 42.9 Å². The van der Waals surface area contributed by atoms with Crippen LogP contribution in [0.4, 0.5) is 18.0 Å². The first-order valence-electron chi connectivity index (χ1n) is 6.97. The number of fused-ring (bicyclic) bond motifs is 1. The van der Waals surface area contributed by atoms with Crippen LogP contribution in [0.15, 0.2) is 18.2 Å². The Bertz CT molecular complexity index is 760. The number of hydrogen-bond acceptors (Lipinski definition) is 5. The topological polar surface area (TPSA) is 92.8 Å².